The van der Waals surface area contributed by atoms with Crippen LogP contribution in [0.4, 0.5) is 0 Å². The molecule has 0 radical (unpaired) electrons. The van der Waals surface area contributed by atoms with Crippen molar-refractivity contribution in [2.45, 2.75) is 32.1 Å². The van der Waals surface area contributed by atoms with Gasteiger partial charge in [-0.3, -0.25) is 9.59 Å². The van der Waals surface area contributed by atoms with Crippen molar-refractivity contribution >= 4 is 23.0 Å². The van der Waals surface area contributed by atoms with Crippen LogP contribution >= 0.6 is 11.3 Å². The highest BCUT2D eigenvalue weighted by Gasteiger charge is 2.27. The number of amides is 1. The predicted molar refractivity (Wildman–Crippen MR) is 97.3 cm³/mol. The molecule has 0 bridgehead atoms. The number of nitrogens with zero attached hydrogens (tertiary/aromatic N) is 1. The minimum Gasteiger partial charge on any atom is -0.343 e. The number of hydrogen-bond acceptors (Lipinski definition) is 3. The molecule has 1 aliphatic rings. The Bertz CT molecular complexity index is 658. The minimum atomic E-state index is 0.0579. The molecule has 4 heteroatoms. The molecular formula is C20H23NO2S. The van der Waals surface area contributed by atoms with Crippen LogP contribution in [-0.4, -0.2) is 29.7 Å². The van der Waals surface area contributed by atoms with E-state index >= 15 is 0 Å². The summed E-state index contributed by atoms with van der Waals surface area (Å²) in [6.07, 6.45) is 4.05. The van der Waals surface area contributed by atoms with Crippen molar-refractivity contribution in [3.63, 3.8) is 0 Å². The fourth-order valence-electron chi connectivity index (χ4n) is 3.26. The highest BCUT2D eigenvalue weighted by molar-refractivity contribution is 7.09. The fraction of sp³-hybridized carbons (Fsp3) is 0.400. The van der Waals surface area contributed by atoms with Crippen LogP contribution in [0.3, 0.4) is 0 Å². The highest BCUT2D eigenvalue weighted by Crippen LogP contribution is 2.22. The zero-order valence-corrected chi connectivity index (χ0v) is 14.6. The van der Waals surface area contributed by atoms with Crippen molar-refractivity contribution in [2.24, 2.45) is 5.92 Å². The smallest absolute Gasteiger partial charge is 0.222 e. The number of likely N-dealkylation sites (tertiary alicyclic amines) is 1. The molecule has 0 saturated carbocycles. The molecule has 0 aliphatic carbocycles. The van der Waals surface area contributed by atoms with E-state index in [4.69, 9.17) is 0 Å². The van der Waals surface area contributed by atoms with E-state index in [-0.39, 0.29) is 17.6 Å². The van der Waals surface area contributed by atoms with E-state index in [2.05, 4.69) is 17.5 Å². The Morgan fingerprint density at radius 3 is 2.46 bits per heavy atom. The summed E-state index contributed by atoms with van der Waals surface area (Å²) in [5, 5.41) is 2.08. The van der Waals surface area contributed by atoms with E-state index in [1.807, 2.05) is 35.2 Å². The second-order valence-corrected chi connectivity index (χ2v) is 7.35. The molecule has 0 atom stereocenters. The molecule has 24 heavy (non-hydrogen) atoms. The van der Waals surface area contributed by atoms with Crippen molar-refractivity contribution in [3.8, 4) is 0 Å². The first-order valence-electron chi connectivity index (χ1n) is 8.63. The topological polar surface area (TPSA) is 37.4 Å². The lowest BCUT2D eigenvalue weighted by atomic mass is 9.89. The largest absolute Gasteiger partial charge is 0.343 e. The summed E-state index contributed by atoms with van der Waals surface area (Å²) in [5.41, 5.74) is 0.790. The van der Waals surface area contributed by atoms with Crippen LogP contribution < -0.4 is 0 Å². The van der Waals surface area contributed by atoms with Crippen LogP contribution in [0.5, 0.6) is 0 Å². The molecule has 1 aromatic heterocycles. The zero-order valence-electron chi connectivity index (χ0n) is 13.8. The fourth-order valence-corrected chi connectivity index (χ4v) is 4.01. The van der Waals surface area contributed by atoms with Gasteiger partial charge >= 0.3 is 0 Å². The Labute approximate surface area is 147 Å². The number of benzene rings is 1. The number of thiophene rings is 1. The monoisotopic (exact) mass is 341 g/mol. The van der Waals surface area contributed by atoms with Crippen molar-refractivity contribution in [2.75, 3.05) is 13.1 Å². The third-order valence-corrected chi connectivity index (χ3v) is 5.61. The molecule has 3 nitrogen and oxygen atoms in total. The lowest BCUT2D eigenvalue weighted by Gasteiger charge is -2.31. The average Bonchev–Trinajstić information content (AvgIpc) is 3.15. The van der Waals surface area contributed by atoms with E-state index < -0.39 is 0 Å². The molecule has 0 spiro atoms. The first-order valence-corrected chi connectivity index (χ1v) is 9.51. The summed E-state index contributed by atoms with van der Waals surface area (Å²) < 4.78 is 0. The van der Waals surface area contributed by atoms with Gasteiger partial charge in [0.15, 0.2) is 5.78 Å². The third kappa shape index (κ3) is 4.32. The second-order valence-electron chi connectivity index (χ2n) is 6.32. The Morgan fingerprint density at radius 2 is 1.79 bits per heavy atom. The van der Waals surface area contributed by atoms with Crippen LogP contribution in [0, 0.1) is 5.92 Å². The van der Waals surface area contributed by atoms with Gasteiger partial charge in [-0.1, -0.05) is 36.4 Å². The van der Waals surface area contributed by atoms with E-state index in [1.54, 1.807) is 11.3 Å². The van der Waals surface area contributed by atoms with Gasteiger partial charge in [-0.15, -0.1) is 11.3 Å². The summed E-state index contributed by atoms with van der Waals surface area (Å²) in [7, 11) is 0. The van der Waals surface area contributed by atoms with E-state index in [0.717, 1.165) is 31.2 Å². The summed E-state index contributed by atoms with van der Waals surface area (Å²) in [4.78, 5) is 28.1. The standard InChI is InChI=1S/C20H23NO2S/c22-19(10-4-8-18-9-5-15-24-18)21-13-11-17(12-14-21)20(23)16-6-2-1-3-7-16/h1-3,5-7,9,15,17H,4,8,10-14H2. The highest BCUT2D eigenvalue weighted by atomic mass is 32.1. The molecule has 0 unspecified atom stereocenters. The molecule has 0 N–H and O–H groups in total. The van der Waals surface area contributed by atoms with Crippen LogP contribution in [-0.2, 0) is 11.2 Å². The Kier molecular flexibility index (Phi) is 5.81. The maximum absolute atomic E-state index is 12.5. The minimum absolute atomic E-state index is 0.0579. The quantitative estimate of drug-likeness (QED) is 0.739. The lowest BCUT2D eigenvalue weighted by Crippen LogP contribution is -2.40. The van der Waals surface area contributed by atoms with Crippen LogP contribution in [0.15, 0.2) is 47.8 Å². The molecular weight excluding hydrogens is 318 g/mol. The van der Waals surface area contributed by atoms with Gasteiger partial charge in [0.05, 0.1) is 0 Å². The first-order chi connectivity index (χ1) is 11.7. The van der Waals surface area contributed by atoms with E-state index in [9.17, 15) is 9.59 Å². The normalized spacial score (nSPS) is 15.4. The summed E-state index contributed by atoms with van der Waals surface area (Å²) >= 11 is 1.75. The Morgan fingerprint density at radius 1 is 1.04 bits per heavy atom. The lowest BCUT2D eigenvalue weighted by molar-refractivity contribution is -0.132. The van der Waals surface area contributed by atoms with Crippen LogP contribution in [0.2, 0.25) is 0 Å². The number of ketones is 1. The van der Waals surface area contributed by atoms with Gasteiger partial charge in [-0.25, -0.2) is 0 Å². The number of piperidine rings is 1. The molecule has 1 aromatic carbocycles. The molecule has 1 saturated heterocycles. The Hall–Kier alpha value is -1.94. The van der Waals surface area contributed by atoms with Crippen molar-refractivity contribution in [1.82, 2.24) is 4.90 Å². The van der Waals surface area contributed by atoms with E-state index in [1.165, 1.54) is 4.88 Å². The van der Waals surface area contributed by atoms with Gasteiger partial charge in [0.2, 0.25) is 5.91 Å². The van der Waals surface area contributed by atoms with Crippen molar-refractivity contribution in [3.05, 3.63) is 58.3 Å². The Balaban J connectivity index is 1.43. The molecule has 126 valence electrons. The summed E-state index contributed by atoms with van der Waals surface area (Å²) in [6, 6.07) is 13.7. The third-order valence-electron chi connectivity index (χ3n) is 4.67. The summed E-state index contributed by atoms with van der Waals surface area (Å²) in [5.74, 6) is 0.514. The van der Waals surface area contributed by atoms with Crippen LogP contribution in [0.1, 0.15) is 40.9 Å². The zero-order chi connectivity index (χ0) is 16.8. The van der Waals surface area contributed by atoms with Gasteiger partial charge in [0.25, 0.3) is 0 Å². The van der Waals surface area contributed by atoms with Gasteiger partial charge in [0.1, 0.15) is 0 Å². The van der Waals surface area contributed by atoms with Crippen molar-refractivity contribution < 1.29 is 9.59 Å². The van der Waals surface area contributed by atoms with Gasteiger partial charge in [-0.2, -0.15) is 0 Å². The number of carbonyl (C=O) groups excluding carboxylic acids is 2. The van der Waals surface area contributed by atoms with E-state index in [0.29, 0.717) is 19.5 Å². The summed E-state index contributed by atoms with van der Waals surface area (Å²) in [6.45, 7) is 1.42. The van der Waals surface area contributed by atoms with Crippen molar-refractivity contribution in [1.29, 1.82) is 0 Å². The molecule has 2 aromatic rings. The number of aryl methyl sites for hydroxylation is 1. The number of Topliss-reactive ketones (excluding diaryl/α,β-unsaturated/α-hetero) is 1. The molecule has 3 rings (SSSR count). The average molecular weight is 341 g/mol. The van der Waals surface area contributed by atoms with Gasteiger partial charge in [0, 0.05) is 35.9 Å². The van der Waals surface area contributed by atoms with Gasteiger partial charge in [-0.05, 0) is 37.1 Å². The molecule has 1 amide bonds. The number of carbonyl (C=O) groups is 2. The maximum atomic E-state index is 12.5. The molecule has 1 fully saturated rings. The predicted octanol–water partition coefficient (Wildman–Crippen LogP) is 4.19. The SMILES string of the molecule is O=C(c1ccccc1)C1CCN(C(=O)CCCc2cccs2)CC1. The first kappa shape index (κ1) is 16.9. The van der Waals surface area contributed by atoms with Crippen LogP contribution in [0.25, 0.3) is 0 Å². The number of hydrogen-bond donors (Lipinski definition) is 0. The molecule has 2 heterocycles. The number of rotatable bonds is 6. The second kappa shape index (κ2) is 8.25. The maximum Gasteiger partial charge on any atom is 0.222 e. The van der Waals surface area contributed by atoms with Gasteiger partial charge < -0.3 is 4.90 Å². The molecule has 1 aliphatic heterocycles.